The summed E-state index contributed by atoms with van der Waals surface area (Å²) < 4.78 is 1.18. The lowest BCUT2D eigenvalue weighted by molar-refractivity contribution is 1.34. The van der Waals surface area contributed by atoms with E-state index in [1.165, 1.54) is 21.0 Å². The molecule has 0 fully saturated rings. The first kappa shape index (κ1) is 10.6. The third kappa shape index (κ3) is 1.71. The highest BCUT2D eigenvalue weighted by atomic mass is 32.1. The second-order valence-electron chi connectivity index (χ2n) is 4.39. The van der Waals surface area contributed by atoms with Gasteiger partial charge < -0.3 is 0 Å². The summed E-state index contributed by atoms with van der Waals surface area (Å²) in [7, 11) is 0. The van der Waals surface area contributed by atoms with Gasteiger partial charge in [-0.1, -0.05) is 42.5 Å². The molecule has 90 valence electrons. The topological polar surface area (TPSA) is 25.8 Å². The third-order valence-electron chi connectivity index (χ3n) is 3.21. The Morgan fingerprint density at radius 3 is 2.74 bits per heavy atom. The van der Waals surface area contributed by atoms with Crippen LogP contribution in [0.15, 0.2) is 60.9 Å². The zero-order valence-electron chi connectivity index (χ0n) is 10.1. The molecule has 0 atom stereocenters. The van der Waals surface area contributed by atoms with E-state index in [-0.39, 0.29) is 0 Å². The maximum atomic E-state index is 4.69. The fourth-order valence-electron chi connectivity index (χ4n) is 2.31. The van der Waals surface area contributed by atoms with Gasteiger partial charge >= 0.3 is 0 Å². The van der Waals surface area contributed by atoms with Crippen LogP contribution in [0.1, 0.15) is 0 Å². The molecule has 0 unspecified atom stereocenters. The largest absolute Gasteiger partial charge is 0.262 e. The van der Waals surface area contributed by atoms with Gasteiger partial charge in [0.1, 0.15) is 10.5 Å². The number of hydrogen-bond donors (Lipinski definition) is 0. The molecule has 0 aliphatic rings. The van der Waals surface area contributed by atoms with Gasteiger partial charge in [0, 0.05) is 11.8 Å². The standard InChI is InChI=1S/C16H10N2S/c1-2-6-12-11(4-1)5-3-7-13(12)16-18-14-10-17-9-8-15(14)19-16/h1-10H. The molecule has 4 rings (SSSR count). The Labute approximate surface area is 114 Å². The summed E-state index contributed by atoms with van der Waals surface area (Å²) in [5, 5.41) is 3.55. The van der Waals surface area contributed by atoms with Crippen LogP contribution in [-0.2, 0) is 0 Å². The van der Waals surface area contributed by atoms with Crippen molar-refractivity contribution >= 4 is 32.3 Å². The molecule has 2 aromatic heterocycles. The summed E-state index contributed by atoms with van der Waals surface area (Å²) in [5.41, 5.74) is 2.16. The molecule has 2 nitrogen and oxygen atoms in total. The molecular formula is C16H10N2S. The van der Waals surface area contributed by atoms with Crippen LogP contribution >= 0.6 is 11.3 Å². The Kier molecular flexibility index (Phi) is 2.32. The van der Waals surface area contributed by atoms with Crippen LogP contribution in [0.4, 0.5) is 0 Å². The Morgan fingerprint density at radius 1 is 0.895 bits per heavy atom. The number of hydrogen-bond acceptors (Lipinski definition) is 3. The monoisotopic (exact) mass is 262 g/mol. The van der Waals surface area contributed by atoms with E-state index < -0.39 is 0 Å². The molecule has 0 aliphatic carbocycles. The lowest BCUT2D eigenvalue weighted by atomic mass is 10.1. The van der Waals surface area contributed by atoms with Crippen molar-refractivity contribution < 1.29 is 0 Å². The van der Waals surface area contributed by atoms with Crippen LogP contribution in [0.3, 0.4) is 0 Å². The van der Waals surface area contributed by atoms with Gasteiger partial charge in [-0.15, -0.1) is 11.3 Å². The molecule has 0 N–H and O–H groups in total. The van der Waals surface area contributed by atoms with Gasteiger partial charge in [0.15, 0.2) is 0 Å². The van der Waals surface area contributed by atoms with Crippen LogP contribution in [0.25, 0.3) is 31.6 Å². The number of fused-ring (bicyclic) bond motifs is 2. The average molecular weight is 262 g/mol. The first-order chi connectivity index (χ1) is 9.42. The second kappa shape index (κ2) is 4.14. The van der Waals surface area contributed by atoms with Crippen molar-refractivity contribution in [3.63, 3.8) is 0 Å². The molecule has 4 aromatic rings. The SMILES string of the molecule is c1ccc2c(-c3nc4cnccc4s3)cccc2c1. The maximum Gasteiger partial charge on any atom is 0.125 e. The molecule has 0 saturated carbocycles. The van der Waals surface area contributed by atoms with Crippen molar-refractivity contribution in [2.45, 2.75) is 0 Å². The van der Waals surface area contributed by atoms with Crippen molar-refractivity contribution in [3.05, 3.63) is 60.9 Å². The van der Waals surface area contributed by atoms with Crippen molar-refractivity contribution in [3.8, 4) is 10.6 Å². The Balaban J connectivity index is 2.03. The number of thiazole rings is 1. The Hall–Kier alpha value is -2.26. The number of benzene rings is 2. The summed E-state index contributed by atoms with van der Waals surface area (Å²) in [6.45, 7) is 0. The van der Waals surface area contributed by atoms with Gasteiger partial charge in [0.2, 0.25) is 0 Å². The second-order valence-corrected chi connectivity index (χ2v) is 5.42. The van der Waals surface area contributed by atoms with Crippen molar-refractivity contribution in [2.75, 3.05) is 0 Å². The molecule has 0 spiro atoms. The van der Waals surface area contributed by atoms with Gasteiger partial charge in [0.05, 0.1) is 10.9 Å². The summed E-state index contributed by atoms with van der Waals surface area (Å²) in [4.78, 5) is 8.82. The molecule has 2 heterocycles. The van der Waals surface area contributed by atoms with E-state index in [1.807, 2.05) is 18.5 Å². The fourth-order valence-corrected chi connectivity index (χ4v) is 3.28. The summed E-state index contributed by atoms with van der Waals surface area (Å²) >= 11 is 1.71. The quantitative estimate of drug-likeness (QED) is 0.504. The molecule has 0 aliphatic heterocycles. The normalized spacial score (nSPS) is 11.2. The molecule has 0 radical (unpaired) electrons. The fraction of sp³-hybridized carbons (Fsp3) is 0. The predicted octanol–water partition coefficient (Wildman–Crippen LogP) is 4.51. The molecule has 0 saturated heterocycles. The maximum absolute atomic E-state index is 4.69. The third-order valence-corrected chi connectivity index (χ3v) is 4.28. The van der Waals surface area contributed by atoms with Crippen molar-refractivity contribution in [1.29, 1.82) is 0 Å². The molecular weight excluding hydrogens is 252 g/mol. The smallest absolute Gasteiger partial charge is 0.125 e. The van der Waals surface area contributed by atoms with E-state index in [2.05, 4.69) is 52.4 Å². The van der Waals surface area contributed by atoms with E-state index in [1.54, 1.807) is 11.3 Å². The van der Waals surface area contributed by atoms with Gasteiger partial charge in [-0.05, 0) is 16.8 Å². The van der Waals surface area contributed by atoms with Crippen LogP contribution in [0, 0.1) is 0 Å². The van der Waals surface area contributed by atoms with Crippen molar-refractivity contribution in [2.24, 2.45) is 0 Å². The van der Waals surface area contributed by atoms with Crippen LogP contribution in [0.5, 0.6) is 0 Å². The highest BCUT2D eigenvalue weighted by molar-refractivity contribution is 7.21. The van der Waals surface area contributed by atoms with Crippen LogP contribution in [-0.4, -0.2) is 9.97 Å². The average Bonchev–Trinajstić information content (AvgIpc) is 2.90. The van der Waals surface area contributed by atoms with E-state index in [0.29, 0.717) is 0 Å². The highest BCUT2D eigenvalue weighted by Gasteiger charge is 2.08. The number of rotatable bonds is 1. The Morgan fingerprint density at radius 2 is 1.79 bits per heavy atom. The van der Waals surface area contributed by atoms with E-state index in [9.17, 15) is 0 Å². The molecule has 3 heteroatoms. The number of aromatic nitrogens is 2. The lowest BCUT2D eigenvalue weighted by Crippen LogP contribution is -1.79. The Bertz CT molecular complexity index is 842. The number of nitrogens with zero attached hydrogens (tertiary/aromatic N) is 2. The van der Waals surface area contributed by atoms with Crippen LogP contribution < -0.4 is 0 Å². The zero-order chi connectivity index (χ0) is 12.7. The summed E-state index contributed by atoms with van der Waals surface area (Å²) in [6, 6.07) is 16.8. The highest BCUT2D eigenvalue weighted by Crippen LogP contribution is 2.33. The lowest BCUT2D eigenvalue weighted by Gasteiger charge is -2.02. The minimum Gasteiger partial charge on any atom is -0.262 e. The molecule has 0 amide bonds. The van der Waals surface area contributed by atoms with E-state index in [0.717, 1.165) is 10.5 Å². The zero-order valence-corrected chi connectivity index (χ0v) is 10.9. The van der Waals surface area contributed by atoms with E-state index in [4.69, 9.17) is 0 Å². The predicted molar refractivity (Wildman–Crippen MR) is 80.4 cm³/mol. The first-order valence-electron chi connectivity index (χ1n) is 6.10. The minimum atomic E-state index is 0.968. The van der Waals surface area contributed by atoms with Gasteiger partial charge in [-0.25, -0.2) is 4.98 Å². The summed E-state index contributed by atoms with van der Waals surface area (Å²) in [5.74, 6) is 0. The first-order valence-corrected chi connectivity index (χ1v) is 6.92. The number of pyridine rings is 1. The van der Waals surface area contributed by atoms with Gasteiger partial charge in [0.25, 0.3) is 0 Å². The summed E-state index contributed by atoms with van der Waals surface area (Å²) in [6.07, 6.45) is 3.63. The molecule has 0 bridgehead atoms. The van der Waals surface area contributed by atoms with Crippen molar-refractivity contribution in [1.82, 2.24) is 9.97 Å². The van der Waals surface area contributed by atoms with Gasteiger partial charge in [-0.2, -0.15) is 0 Å². The molecule has 19 heavy (non-hydrogen) atoms. The van der Waals surface area contributed by atoms with Gasteiger partial charge in [-0.3, -0.25) is 4.98 Å². The molecule has 2 aromatic carbocycles. The van der Waals surface area contributed by atoms with E-state index >= 15 is 0 Å². The van der Waals surface area contributed by atoms with Crippen LogP contribution in [0.2, 0.25) is 0 Å². The minimum absolute atomic E-state index is 0.968.